The van der Waals surface area contributed by atoms with E-state index < -0.39 is 0 Å². The molecule has 0 aliphatic rings. The third-order valence-electron chi connectivity index (χ3n) is 2.67. The van der Waals surface area contributed by atoms with Crippen molar-refractivity contribution in [1.82, 2.24) is 0 Å². The van der Waals surface area contributed by atoms with Crippen LogP contribution in [-0.4, -0.2) is 22.2 Å². The number of hydrogen-bond acceptors (Lipinski definition) is 4. The van der Waals surface area contributed by atoms with Crippen LogP contribution in [0.1, 0.15) is 22.8 Å². The van der Waals surface area contributed by atoms with Gasteiger partial charge in [-0.2, -0.15) is 0 Å². The zero-order chi connectivity index (χ0) is 13.8. The number of phenolic OH excluding ortho intramolecular Hbond substituents is 2. The third-order valence-corrected chi connectivity index (χ3v) is 2.67. The highest BCUT2D eigenvalue weighted by atomic mass is 16.3. The average molecular weight is 255 g/mol. The van der Waals surface area contributed by atoms with Crippen LogP contribution in [0.4, 0.5) is 5.69 Å². The second-order valence-corrected chi connectivity index (χ2v) is 4.08. The Labute approximate surface area is 110 Å². The first-order valence-corrected chi connectivity index (χ1v) is 5.74. The van der Waals surface area contributed by atoms with E-state index in [0.717, 1.165) is 0 Å². The molecule has 0 radical (unpaired) electrons. The van der Waals surface area contributed by atoms with Crippen LogP contribution in [0.15, 0.2) is 47.5 Å². The maximum absolute atomic E-state index is 11.1. The van der Waals surface area contributed by atoms with Gasteiger partial charge in [0.25, 0.3) is 0 Å². The van der Waals surface area contributed by atoms with Gasteiger partial charge in [-0.15, -0.1) is 0 Å². The molecule has 4 nitrogen and oxygen atoms in total. The number of para-hydroxylation sites is 1. The molecule has 0 spiro atoms. The second-order valence-electron chi connectivity index (χ2n) is 4.08. The lowest BCUT2D eigenvalue weighted by atomic mass is 10.1. The first kappa shape index (κ1) is 12.8. The Morgan fingerprint density at radius 2 is 1.79 bits per heavy atom. The number of carbonyl (C=O) groups is 1. The summed E-state index contributed by atoms with van der Waals surface area (Å²) in [6.07, 6.45) is 1.46. The van der Waals surface area contributed by atoms with Crippen LogP contribution in [-0.2, 0) is 0 Å². The van der Waals surface area contributed by atoms with E-state index in [4.69, 9.17) is 0 Å². The predicted molar refractivity (Wildman–Crippen MR) is 73.5 cm³/mol. The molecule has 0 aliphatic carbocycles. The summed E-state index contributed by atoms with van der Waals surface area (Å²) in [6, 6.07) is 11.5. The van der Waals surface area contributed by atoms with Crippen LogP contribution in [0, 0.1) is 0 Å². The first-order chi connectivity index (χ1) is 9.08. The van der Waals surface area contributed by atoms with Crippen LogP contribution < -0.4 is 0 Å². The van der Waals surface area contributed by atoms with Crippen LogP contribution in [0.2, 0.25) is 0 Å². The minimum atomic E-state index is -0.202. The molecule has 0 saturated carbocycles. The monoisotopic (exact) mass is 255 g/mol. The molecule has 4 heteroatoms. The highest BCUT2D eigenvalue weighted by molar-refractivity contribution is 5.94. The highest BCUT2D eigenvalue weighted by Gasteiger charge is 2.03. The number of ketones is 1. The molecule has 0 bridgehead atoms. The fourth-order valence-corrected chi connectivity index (χ4v) is 1.58. The maximum Gasteiger partial charge on any atom is 0.166 e. The summed E-state index contributed by atoms with van der Waals surface area (Å²) in [5.41, 5.74) is 1.71. The number of rotatable bonds is 3. The van der Waals surface area contributed by atoms with E-state index in [9.17, 15) is 15.0 Å². The molecule has 0 amide bonds. The average Bonchev–Trinajstić information content (AvgIpc) is 2.41. The Kier molecular flexibility index (Phi) is 3.61. The number of Topliss-reactive ketones (excluding diaryl/α,β-unsaturated/α-hetero) is 1. The van der Waals surface area contributed by atoms with E-state index in [1.54, 1.807) is 36.4 Å². The summed E-state index contributed by atoms with van der Waals surface area (Å²) >= 11 is 0. The number of phenols is 2. The summed E-state index contributed by atoms with van der Waals surface area (Å²) in [4.78, 5) is 15.3. The quantitative estimate of drug-likeness (QED) is 0.503. The van der Waals surface area contributed by atoms with E-state index in [-0.39, 0.29) is 17.3 Å². The lowest BCUT2D eigenvalue weighted by molar-refractivity contribution is 0.101. The number of benzene rings is 2. The summed E-state index contributed by atoms with van der Waals surface area (Å²) in [5.74, 6) is -0.386. The standard InChI is InChI=1S/C15H13NO3/c1-10(17)11-5-7-13(8-6-11)16-9-12-3-2-4-14(18)15(12)19/h2-9,18-19H,1H3. The van der Waals surface area contributed by atoms with Gasteiger partial charge in [-0.05, 0) is 43.3 Å². The smallest absolute Gasteiger partial charge is 0.166 e. The molecular formula is C15H13NO3. The minimum absolute atomic E-state index is 0.00107. The van der Waals surface area contributed by atoms with Gasteiger partial charge in [0.05, 0.1) is 5.69 Å². The van der Waals surface area contributed by atoms with E-state index >= 15 is 0 Å². The fourth-order valence-electron chi connectivity index (χ4n) is 1.58. The van der Waals surface area contributed by atoms with Crippen molar-refractivity contribution >= 4 is 17.7 Å². The van der Waals surface area contributed by atoms with Crippen molar-refractivity contribution in [2.24, 2.45) is 4.99 Å². The van der Waals surface area contributed by atoms with Gasteiger partial charge >= 0.3 is 0 Å². The topological polar surface area (TPSA) is 69.9 Å². The van der Waals surface area contributed by atoms with Gasteiger partial charge in [0.2, 0.25) is 0 Å². The molecule has 96 valence electrons. The minimum Gasteiger partial charge on any atom is -0.504 e. The molecule has 2 aromatic carbocycles. The number of carbonyl (C=O) groups excluding carboxylic acids is 1. The van der Waals surface area contributed by atoms with Crippen molar-refractivity contribution in [3.05, 3.63) is 53.6 Å². The Hall–Kier alpha value is -2.62. The zero-order valence-corrected chi connectivity index (χ0v) is 10.4. The Morgan fingerprint density at radius 3 is 2.42 bits per heavy atom. The second kappa shape index (κ2) is 5.35. The van der Waals surface area contributed by atoms with Gasteiger partial charge in [-0.1, -0.05) is 6.07 Å². The summed E-state index contributed by atoms with van der Waals surface area (Å²) in [5, 5.41) is 19.0. The van der Waals surface area contributed by atoms with E-state index in [2.05, 4.69) is 4.99 Å². The van der Waals surface area contributed by atoms with Crippen LogP contribution >= 0.6 is 0 Å². The molecule has 2 N–H and O–H groups in total. The molecule has 19 heavy (non-hydrogen) atoms. The molecular weight excluding hydrogens is 242 g/mol. The molecule has 0 unspecified atom stereocenters. The lowest BCUT2D eigenvalue weighted by Gasteiger charge is -2.01. The molecule has 0 atom stereocenters. The summed E-state index contributed by atoms with van der Waals surface area (Å²) in [7, 11) is 0. The maximum atomic E-state index is 11.1. The van der Waals surface area contributed by atoms with E-state index in [1.165, 1.54) is 19.2 Å². The molecule has 2 aromatic rings. The number of nitrogens with zero attached hydrogens (tertiary/aromatic N) is 1. The first-order valence-electron chi connectivity index (χ1n) is 5.74. The van der Waals surface area contributed by atoms with Crippen molar-refractivity contribution in [3.8, 4) is 11.5 Å². The van der Waals surface area contributed by atoms with E-state index in [1.807, 2.05) is 0 Å². The Balaban J connectivity index is 2.23. The SMILES string of the molecule is CC(=O)c1ccc(N=Cc2cccc(O)c2O)cc1. The van der Waals surface area contributed by atoms with Crippen LogP contribution in [0.5, 0.6) is 11.5 Å². The van der Waals surface area contributed by atoms with Gasteiger partial charge < -0.3 is 10.2 Å². The molecule has 0 saturated heterocycles. The van der Waals surface area contributed by atoms with Crippen molar-refractivity contribution in [1.29, 1.82) is 0 Å². The van der Waals surface area contributed by atoms with Crippen molar-refractivity contribution < 1.29 is 15.0 Å². The molecule has 2 rings (SSSR count). The number of hydrogen-bond donors (Lipinski definition) is 2. The van der Waals surface area contributed by atoms with Crippen LogP contribution in [0.25, 0.3) is 0 Å². The van der Waals surface area contributed by atoms with Gasteiger partial charge in [0.15, 0.2) is 17.3 Å². The fraction of sp³-hybridized carbons (Fsp3) is 0.0667. The molecule has 0 aliphatic heterocycles. The molecule has 0 fully saturated rings. The van der Waals surface area contributed by atoms with Gasteiger partial charge in [-0.3, -0.25) is 9.79 Å². The van der Waals surface area contributed by atoms with Gasteiger partial charge in [0, 0.05) is 17.3 Å². The zero-order valence-electron chi connectivity index (χ0n) is 10.4. The number of aromatic hydroxyl groups is 2. The normalized spacial score (nSPS) is 10.8. The van der Waals surface area contributed by atoms with E-state index in [0.29, 0.717) is 16.8 Å². The predicted octanol–water partition coefficient (Wildman–Crippen LogP) is 3.05. The highest BCUT2D eigenvalue weighted by Crippen LogP contribution is 2.27. The molecule has 0 heterocycles. The van der Waals surface area contributed by atoms with Gasteiger partial charge in [0.1, 0.15) is 0 Å². The lowest BCUT2D eigenvalue weighted by Crippen LogP contribution is -1.89. The third kappa shape index (κ3) is 2.98. The largest absolute Gasteiger partial charge is 0.504 e. The summed E-state index contributed by atoms with van der Waals surface area (Å²) < 4.78 is 0. The molecule has 0 aromatic heterocycles. The van der Waals surface area contributed by atoms with Crippen molar-refractivity contribution in [2.45, 2.75) is 6.92 Å². The van der Waals surface area contributed by atoms with Crippen LogP contribution in [0.3, 0.4) is 0 Å². The van der Waals surface area contributed by atoms with Crippen molar-refractivity contribution in [3.63, 3.8) is 0 Å². The van der Waals surface area contributed by atoms with Crippen molar-refractivity contribution in [2.75, 3.05) is 0 Å². The summed E-state index contributed by atoms with van der Waals surface area (Å²) in [6.45, 7) is 1.50. The number of aliphatic imine (C=N–C) groups is 1. The van der Waals surface area contributed by atoms with Gasteiger partial charge in [-0.25, -0.2) is 0 Å². The Morgan fingerprint density at radius 1 is 1.11 bits per heavy atom. The Bertz CT molecular complexity index is 630.